The van der Waals surface area contributed by atoms with E-state index >= 15 is 0 Å². The number of hydrogen-bond donors (Lipinski definition) is 1. The molecule has 0 amide bonds. The van der Waals surface area contributed by atoms with Gasteiger partial charge in [-0.2, -0.15) is 0 Å². The van der Waals surface area contributed by atoms with Gasteiger partial charge in [0.05, 0.1) is 0 Å². The van der Waals surface area contributed by atoms with E-state index in [4.69, 9.17) is 5.73 Å². The first-order chi connectivity index (χ1) is 9.10. The predicted molar refractivity (Wildman–Crippen MR) is 80.5 cm³/mol. The summed E-state index contributed by atoms with van der Waals surface area (Å²) in [6.07, 6.45) is 5.76. The summed E-state index contributed by atoms with van der Waals surface area (Å²) in [5, 5.41) is 1.01. The summed E-state index contributed by atoms with van der Waals surface area (Å²) in [5.41, 5.74) is 8.68. The second-order valence-corrected chi connectivity index (χ2v) is 5.92. The maximum Gasteiger partial charge on any atom is 0.172 e. The molecule has 1 heterocycles. The quantitative estimate of drug-likeness (QED) is 0.911. The fourth-order valence-electron chi connectivity index (χ4n) is 1.94. The van der Waals surface area contributed by atoms with Gasteiger partial charge in [-0.15, -0.1) is 0 Å². The van der Waals surface area contributed by atoms with Crippen LogP contribution in [-0.2, 0) is 13.5 Å². The van der Waals surface area contributed by atoms with Crippen molar-refractivity contribution in [2.24, 2.45) is 12.8 Å². The Morgan fingerprint density at radius 2 is 2.21 bits per heavy atom. The highest BCUT2D eigenvalue weighted by Crippen LogP contribution is 2.27. The van der Waals surface area contributed by atoms with Gasteiger partial charge in [0.15, 0.2) is 5.16 Å². The van der Waals surface area contributed by atoms with Crippen molar-refractivity contribution in [2.45, 2.75) is 42.8 Å². The van der Waals surface area contributed by atoms with Gasteiger partial charge >= 0.3 is 0 Å². The highest BCUT2D eigenvalue weighted by molar-refractivity contribution is 7.99. The van der Waals surface area contributed by atoms with E-state index in [1.807, 2.05) is 24.0 Å². The standard InChI is InChI=1S/C15H21N3S/c1-4-13(16)10-12-5-6-14(9-11(12)2)19-15-17-7-8-18(15)3/h5-9,13H,4,10,16H2,1-3H3. The van der Waals surface area contributed by atoms with E-state index in [1.165, 1.54) is 16.0 Å². The molecule has 102 valence electrons. The van der Waals surface area contributed by atoms with Crippen LogP contribution in [0.5, 0.6) is 0 Å². The van der Waals surface area contributed by atoms with Gasteiger partial charge in [-0.25, -0.2) is 4.98 Å². The Bertz CT molecular complexity index is 548. The zero-order valence-corrected chi connectivity index (χ0v) is 12.6. The molecule has 2 aromatic rings. The van der Waals surface area contributed by atoms with Crippen molar-refractivity contribution in [1.29, 1.82) is 0 Å². The van der Waals surface area contributed by atoms with Gasteiger partial charge < -0.3 is 10.3 Å². The molecule has 0 fully saturated rings. The van der Waals surface area contributed by atoms with Gasteiger partial charge in [-0.3, -0.25) is 0 Å². The number of aryl methyl sites for hydroxylation is 2. The fraction of sp³-hybridized carbons (Fsp3) is 0.400. The van der Waals surface area contributed by atoms with Gasteiger partial charge in [0.1, 0.15) is 0 Å². The lowest BCUT2D eigenvalue weighted by Gasteiger charge is -2.12. The number of imidazole rings is 1. The average Bonchev–Trinajstić information content (AvgIpc) is 2.78. The molecule has 1 unspecified atom stereocenters. The molecule has 19 heavy (non-hydrogen) atoms. The molecule has 4 heteroatoms. The first-order valence-corrected chi connectivity index (χ1v) is 7.42. The zero-order chi connectivity index (χ0) is 13.8. The lowest BCUT2D eigenvalue weighted by molar-refractivity contribution is 0.644. The Morgan fingerprint density at radius 3 is 2.79 bits per heavy atom. The molecule has 1 aromatic carbocycles. The molecule has 0 radical (unpaired) electrons. The van der Waals surface area contributed by atoms with Crippen molar-refractivity contribution >= 4 is 11.8 Å². The monoisotopic (exact) mass is 275 g/mol. The molecule has 0 bridgehead atoms. The Hall–Kier alpha value is -1.26. The largest absolute Gasteiger partial charge is 0.329 e. The van der Waals surface area contributed by atoms with Crippen LogP contribution in [-0.4, -0.2) is 15.6 Å². The van der Waals surface area contributed by atoms with Crippen LogP contribution in [0.2, 0.25) is 0 Å². The number of benzene rings is 1. The number of hydrogen-bond acceptors (Lipinski definition) is 3. The summed E-state index contributed by atoms with van der Waals surface area (Å²) in [7, 11) is 2.01. The smallest absolute Gasteiger partial charge is 0.172 e. The van der Waals surface area contributed by atoms with Gasteiger partial charge in [0, 0.05) is 30.4 Å². The molecule has 1 aromatic heterocycles. The van der Waals surface area contributed by atoms with E-state index in [-0.39, 0.29) is 6.04 Å². The number of nitrogens with zero attached hydrogens (tertiary/aromatic N) is 2. The first kappa shape index (κ1) is 14.2. The van der Waals surface area contributed by atoms with Crippen molar-refractivity contribution in [3.05, 3.63) is 41.7 Å². The first-order valence-electron chi connectivity index (χ1n) is 6.60. The van der Waals surface area contributed by atoms with Crippen molar-refractivity contribution < 1.29 is 0 Å². The molecule has 0 saturated carbocycles. The lowest BCUT2D eigenvalue weighted by atomic mass is 10.0. The maximum absolute atomic E-state index is 6.02. The average molecular weight is 275 g/mol. The molecular formula is C15H21N3S. The molecule has 0 aliphatic rings. The van der Waals surface area contributed by atoms with Crippen LogP contribution in [0.1, 0.15) is 24.5 Å². The number of aromatic nitrogens is 2. The van der Waals surface area contributed by atoms with Crippen LogP contribution in [0.4, 0.5) is 0 Å². The highest BCUT2D eigenvalue weighted by atomic mass is 32.2. The van der Waals surface area contributed by atoms with E-state index in [0.717, 1.165) is 18.0 Å². The van der Waals surface area contributed by atoms with Crippen molar-refractivity contribution in [3.63, 3.8) is 0 Å². The molecule has 3 nitrogen and oxygen atoms in total. The van der Waals surface area contributed by atoms with Crippen LogP contribution >= 0.6 is 11.8 Å². The molecule has 0 aliphatic heterocycles. The van der Waals surface area contributed by atoms with E-state index in [0.29, 0.717) is 0 Å². The van der Waals surface area contributed by atoms with Crippen molar-refractivity contribution in [2.75, 3.05) is 0 Å². The third kappa shape index (κ3) is 3.61. The van der Waals surface area contributed by atoms with Gasteiger partial charge in [0.25, 0.3) is 0 Å². The van der Waals surface area contributed by atoms with Crippen molar-refractivity contribution in [3.8, 4) is 0 Å². The zero-order valence-electron chi connectivity index (χ0n) is 11.8. The summed E-state index contributed by atoms with van der Waals surface area (Å²) in [6, 6.07) is 6.82. The second kappa shape index (κ2) is 6.26. The number of nitrogens with two attached hydrogens (primary N) is 1. The van der Waals surface area contributed by atoms with Crippen LogP contribution in [0.15, 0.2) is 40.6 Å². The Kier molecular flexibility index (Phi) is 4.66. The summed E-state index contributed by atoms with van der Waals surface area (Å²) in [4.78, 5) is 5.55. The molecule has 0 saturated heterocycles. The summed E-state index contributed by atoms with van der Waals surface area (Å²) in [5.74, 6) is 0. The Morgan fingerprint density at radius 1 is 1.42 bits per heavy atom. The Balaban J connectivity index is 2.12. The predicted octanol–water partition coefficient (Wildman–Crippen LogP) is 3.16. The molecule has 2 rings (SSSR count). The minimum absolute atomic E-state index is 0.256. The van der Waals surface area contributed by atoms with E-state index in [9.17, 15) is 0 Å². The molecular weight excluding hydrogens is 254 g/mol. The van der Waals surface area contributed by atoms with E-state index in [1.54, 1.807) is 11.8 Å². The normalized spacial score (nSPS) is 12.6. The van der Waals surface area contributed by atoms with Crippen LogP contribution in [0.25, 0.3) is 0 Å². The van der Waals surface area contributed by atoms with E-state index < -0.39 is 0 Å². The third-order valence-electron chi connectivity index (χ3n) is 3.31. The van der Waals surface area contributed by atoms with Gasteiger partial charge in [-0.1, -0.05) is 24.8 Å². The minimum Gasteiger partial charge on any atom is -0.329 e. The minimum atomic E-state index is 0.256. The lowest BCUT2D eigenvalue weighted by Crippen LogP contribution is -2.21. The molecule has 2 N–H and O–H groups in total. The van der Waals surface area contributed by atoms with Crippen LogP contribution in [0.3, 0.4) is 0 Å². The summed E-state index contributed by atoms with van der Waals surface area (Å²) in [6.45, 7) is 4.28. The van der Waals surface area contributed by atoms with Gasteiger partial charge in [-0.05, 0) is 43.0 Å². The van der Waals surface area contributed by atoms with Crippen LogP contribution < -0.4 is 5.73 Å². The molecule has 1 atom stereocenters. The maximum atomic E-state index is 6.02. The topological polar surface area (TPSA) is 43.8 Å². The highest BCUT2D eigenvalue weighted by Gasteiger charge is 2.07. The summed E-state index contributed by atoms with van der Waals surface area (Å²) < 4.78 is 2.03. The summed E-state index contributed by atoms with van der Waals surface area (Å²) >= 11 is 1.69. The third-order valence-corrected chi connectivity index (χ3v) is 4.37. The molecule has 0 spiro atoms. The Labute approximate surface area is 119 Å². The van der Waals surface area contributed by atoms with Crippen molar-refractivity contribution in [1.82, 2.24) is 9.55 Å². The van der Waals surface area contributed by atoms with E-state index in [2.05, 4.69) is 37.0 Å². The number of rotatable bonds is 5. The SMILES string of the molecule is CCC(N)Cc1ccc(Sc2nccn2C)cc1C. The fourth-order valence-corrected chi connectivity index (χ4v) is 2.84. The molecule has 0 aliphatic carbocycles. The second-order valence-electron chi connectivity index (χ2n) is 4.88. The van der Waals surface area contributed by atoms with Crippen LogP contribution in [0, 0.1) is 6.92 Å². The van der Waals surface area contributed by atoms with Gasteiger partial charge in [0.2, 0.25) is 0 Å².